The van der Waals surface area contributed by atoms with Crippen LogP contribution in [-0.2, 0) is 0 Å². The predicted octanol–water partition coefficient (Wildman–Crippen LogP) is 2.28. The van der Waals surface area contributed by atoms with E-state index in [2.05, 4.69) is 20.6 Å². The summed E-state index contributed by atoms with van der Waals surface area (Å²) in [7, 11) is 0. The van der Waals surface area contributed by atoms with Crippen molar-refractivity contribution < 1.29 is 10.2 Å². The zero-order chi connectivity index (χ0) is 16.4. The van der Waals surface area contributed by atoms with Crippen molar-refractivity contribution in [1.82, 2.24) is 9.97 Å². The largest absolute Gasteiger partial charge is 0.393 e. The van der Waals surface area contributed by atoms with Gasteiger partial charge >= 0.3 is 0 Å². The molecule has 1 aliphatic carbocycles. The number of benzene rings is 1. The summed E-state index contributed by atoms with van der Waals surface area (Å²) in [6.45, 7) is -0.482. The monoisotopic (exact) mass is 333 g/mol. The van der Waals surface area contributed by atoms with Crippen molar-refractivity contribution in [3.8, 4) is 6.07 Å². The van der Waals surface area contributed by atoms with Gasteiger partial charge < -0.3 is 25.8 Å². The average Bonchev–Trinajstić information content (AvgIpc) is 3.26. The standard InChI is InChI=1S/C15H16ClN5O2/c16-14-10(12(23)7-22)3-8(5-17)4-11(14)20-15-18-6-13(21-15)19-9-1-2-9/h3-4,6,9,12,19,22-23H,1-2,7H2,(H2,18,20,21). The van der Waals surface area contributed by atoms with E-state index in [0.717, 1.165) is 18.7 Å². The maximum Gasteiger partial charge on any atom is 0.206 e. The summed E-state index contributed by atoms with van der Waals surface area (Å²) < 4.78 is 0. The maximum absolute atomic E-state index is 9.83. The fourth-order valence-corrected chi connectivity index (χ4v) is 2.46. The molecular formula is C15H16ClN5O2. The minimum absolute atomic E-state index is 0.235. The number of hydrogen-bond donors (Lipinski definition) is 5. The molecule has 1 saturated carbocycles. The van der Waals surface area contributed by atoms with Crippen LogP contribution in [0.1, 0.15) is 30.1 Å². The summed E-state index contributed by atoms with van der Waals surface area (Å²) in [6.07, 6.45) is 2.83. The highest BCUT2D eigenvalue weighted by atomic mass is 35.5. The Labute approximate surface area is 137 Å². The minimum atomic E-state index is -1.15. The van der Waals surface area contributed by atoms with Crippen molar-refractivity contribution >= 4 is 29.1 Å². The maximum atomic E-state index is 9.83. The highest BCUT2D eigenvalue weighted by Crippen LogP contribution is 2.33. The van der Waals surface area contributed by atoms with Crippen molar-refractivity contribution in [2.24, 2.45) is 0 Å². The Morgan fingerprint density at radius 1 is 1.48 bits per heavy atom. The number of rotatable bonds is 6. The van der Waals surface area contributed by atoms with Crippen LogP contribution in [0.3, 0.4) is 0 Å². The van der Waals surface area contributed by atoms with Gasteiger partial charge in [0.25, 0.3) is 0 Å². The fraction of sp³-hybridized carbons (Fsp3) is 0.333. The Morgan fingerprint density at radius 2 is 2.26 bits per heavy atom. The van der Waals surface area contributed by atoms with E-state index in [1.54, 1.807) is 12.3 Å². The Balaban J connectivity index is 1.86. The second-order valence-electron chi connectivity index (χ2n) is 5.43. The quantitative estimate of drug-likeness (QED) is 0.553. The average molecular weight is 334 g/mol. The van der Waals surface area contributed by atoms with Crippen LogP contribution in [0.15, 0.2) is 18.3 Å². The zero-order valence-electron chi connectivity index (χ0n) is 12.2. The van der Waals surface area contributed by atoms with Gasteiger partial charge in [0.1, 0.15) is 11.9 Å². The Hall–Kier alpha value is -2.27. The second-order valence-corrected chi connectivity index (χ2v) is 5.80. The first kappa shape index (κ1) is 15.6. The molecule has 0 radical (unpaired) electrons. The van der Waals surface area contributed by atoms with Crippen LogP contribution in [0.5, 0.6) is 0 Å². The summed E-state index contributed by atoms with van der Waals surface area (Å²) in [6, 6.07) is 5.52. The number of nitriles is 1. The van der Waals surface area contributed by atoms with E-state index in [0.29, 0.717) is 28.8 Å². The molecule has 23 heavy (non-hydrogen) atoms. The van der Waals surface area contributed by atoms with Gasteiger partial charge in [0.2, 0.25) is 5.95 Å². The SMILES string of the molecule is N#Cc1cc(Nc2ncc(NC3CC3)[nH]2)c(Cl)c(C(O)CO)c1. The van der Waals surface area contributed by atoms with Crippen LogP contribution in [0.2, 0.25) is 5.02 Å². The minimum Gasteiger partial charge on any atom is -0.393 e. The molecule has 1 aliphatic rings. The number of anilines is 3. The number of nitrogens with one attached hydrogen (secondary N) is 3. The van der Waals surface area contributed by atoms with Gasteiger partial charge in [-0.05, 0) is 25.0 Å². The molecule has 5 N–H and O–H groups in total. The van der Waals surface area contributed by atoms with Gasteiger partial charge in [-0.15, -0.1) is 0 Å². The van der Waals surface area contributed by atoms with Gasteiger partial charge in [-0.25, -0.2) is 4.98 Å². The third-order valence-electron chi connectivity index (χ3n) is 3.53. The number of aliphatic hydroxyl groups is 2. The molecule has 3 rings (SSSR count). The normalized spacial score (nSPS) is 15.0. The van der Waals surface area contributed by atoms with E-state index in [1.165, 1.54) is 6.07 Å². The van der Waals surface area contributed by atoms with E-state index in [9.17, 15) is 5.11 Å². The number of aromatic nitrogens is 2. The van der Waals surface area contributed by atoms with Crippen molar-refractivity contribution in [3.05, 3.63) is 34.5 Å². The van der Waals surface area contributed by atoms with E-state index in [1.807, 2.05) is 6.07 Å². The molecule has 1 heterocycles. The summed E-state index contributed by atoms with van der Waals surface area (Å²) in [5, 5.41) is 34.6. The molecule has 1 aromatic carbocycles. The molecule has 0 amide bonds. The van der Waals surface area contributed by atoms with Crippen LogP contribution in [-0.4, -0.2) is 32.8 Å². The Morgan fingerprint density at radius 3 is 2.91 bits per heavy atom. The molecule has 120 valence electrons. The summed E-state index contributed by atoms with van der Waals surface area (Å²) in [5.41, 5.74) is 1.04. The highest BCUT2D eigenvalue weighted by Gasteiger charge is 2.21. The van der Waals surface area contributed by atoms with Crippen LogP contribution in [0.25, 0.3) is 0 Å². The second kappa shape index (κ2) is 6.46. The number of nitrogens with zero attached hydrogens (tertiary/aromatic N) is 2. The molecule has 0 spiro atoms. The number of aliphatic hydroxyl groups excluding tert-OH is 2. The molecular weight excluding hydrogens is 318 g/mol. The lowest BCUT2D eigenvalue weighted by molar-refractivity contribution is 0.0957. The lowest BCUT2D eigenvalue weighted by Gasteiger charge is -2.14. The predicted molar refractivity (Wildman–Crippen MR) is 86.7 cm³/mol. The molecule has 1 unspecified atom stereocenters. The van der Waals surface area contributed by atoms with Crippen molar-refractivity contribution in [2.45, 2.75) is 25.0 Å². The Bertz CT molecular complexity index is 751. The van der Waals surface area contributed by atoms with Gasteiger partial charge in [0.15, 0.2) is 0 Å². The molecule has 0 bridgehead atoms. The molecule has 1 atom stereocenters. The number of aromatic amines is 1. The van der Waals surface area contributed by atoms with E-state index >= 15 is 0 Å². The molecule has 1 aromatic heterocycles. The molecule has 7 nitrogen and oxygen atoms in total. The fourth-order valence-electron chi connectivity index (χ4n) is 2.18. The van der Waals surface area contributed by atoms with E-state index in [4.69, 9.17) is 22.0 Å². The van der Waals surface area contributed by atoms with Crippen molar-refractivity contribution in [1.29, 1.82) is 5.26 Å². The Kier molecular flexibility index (Phi) is 4.39. The molecule has 2 aromatic rings. The first-order valence-electron chi connectivity index (χ1n) is 7.21. The molecule has 0 aliphatic heterocycles. The molecule has 0 saturated heterocycles. The van der Waals surface area contributed by atoms with Gasteiger partial charge in [-0.3, -0.25) is 0 Å². The summed E-state index contributed by atoms with van der Waals surface area (Å²) in [5.74, 6) is 1.27. The lowest BCUT2D eigenvalue weighted by atomic mass is 10.1. The van der Waals surface area contributed by atoms with Gasteiger partial charge in [0.05, 0.1) is 35.1 Å². The lowest BCUT2D eigenvalue weighted by Crippen LogP contribution is -2.06. The van der Waals surface area contributed by atoms with Crippen molar-refractivity contribution in [2.75, 3.05) is 17.2 Å². The number of halogens is 1. The summed E-state index contributed by atoms with van der Waals surface area (Å²) in [4.78, 5) is 7.27. The third-order valence-corrected chi connectivity index (χ3v) is 3.95. The van der Waals surface area contributed by atoms with Crippen LogP contribution in [0, 0.1) is 11.3 Å². The zero-order valence-corrected chi connectivity index (χ0v) is 12.9. The van der Waals surface area contributed by atoms with Gasteiger partial charge in [-0.1, -0.05) is 11.6 Å². The highest BCUT2D eigenvalue weighted by molar-refractivity contribution is 6.34. The number of hydrogen-bond acceptors (Lipinski definition) is 6. The number of imidazole rings is 1. The molecule has 1 fully saturated rings. The van der Waals surface area contributed by atoms with E-state index < -0.39 is 12.7 Å². The van der Waals surface area contributed by atoms with E-state index in [-0.39, 0.29) is 5.02 Å². The first-order chi connectivity index (χ1) is 11.1. The molecule has 8 heteroatoms. The van der Waals surface area contributed by atoms with Crippen LogP contribution < -0.4 is 10.6 Å². The van der Waals surface area contributed by atoms with Crippen molar-refractivity contribution in [3.63, 3.8) is 0 Å². The van der Waals surface area contributed by atoms with Crippen LogP contribution >= 0.6 is 11.6 Å². The van der Waals surface area contributed by atoms with Gasteiger partial charge in [0, 0.05) is 11.6 Å². The number of H-pyrrole nitrogens is 1. The first-order valence-corrected chi connectivity index (χ1v) is 7.59. The van der Waals surface area contributed by atoms with Crippen LogP contribution in [0.4, 0.5) is 17.5 Å². The topological polar surface area (TPSA) is 117 Å². The third kappa shape index (κ3) is 3.56. The van der Waals surface area contributed by atoms with Gasteiger partial charge in [-0.2, -0.15) is 5.26 Å². The smallest absolute Gasteiger partial charge is 0.206 e. The summed E-state index contributed by atoms with van der Waals surface area (Å²) >= 11 is 6.26.